The number of urea groups is 1. The maximum atomic E-state index is 11.5. The van der Waals surface area contributed by atoms with Crippen LogP contribution in [0, 0.1) is 0 Å². The molecule has 94 valence electrons. The smallest absolute Gasteiger partial charge is 0.319 e. The summed E-state index contributed by atoms with van der Waals surface area (Å²) < 4.78 is 1.68. The topological polar surface area (TPSA) is 84.7 Å². The van der Waals surface area contributed by atoms with E-state index in [9.17, 15) is 4.79 Å². The zero-order chi connectivity index (χ0) is 13.0. The number of rotatable bonds is 3. The first-order valence-corrected chi connectivity index (χ1v) is 5.54. The van der Waals surface area contributed by atoms with Crippen molar-refractivity contribution in [2.24, 2.45) is 0 Å². The quantitative estimate of drug-likeness (QED) is 0.852. The number of nitrogens with zero attached hydrogens (tertiary/aromatic N) is 4. The minimum atomic E-state index is -0.246. The molecule has 2 aromatic heterocycles. The highest BCUT2D eigenvalue weighted by Crippen LogP contribution is 2.08. The molecular weight excluding hydrogens is 232 g/mol. The van der Waals surface area contributed by atoms with E-state index in [1.54, 1.807) is 35.6 Å². The molecule has 18 heavy (non-hydrogen) atoms. The van der Waals surface area contributed by atoms with E-state index in [1.165, 1.54) is 0 Å². The van der Waals surface area contributed by atoms with Crippen molar-refractivity contribution in [3.8, 4) is 5.82 Å². The van der Waals surface area contributed by atoms with Crippen molar-refractivity contribution in [2.75, 3.05) is 5.32 Å². The minimum Gasteiger partial charge on any atom is -0.336 e. The van der Waals surface area contributed by atoms with Crippen LogP contribution in [0.1, 0.15) is 13.8 Å². The summed E-state index contributed by atoms with van der Waals surface area (Å²) >= 11 is 0. The van der Waals surface area contributed by atoms with Gasteiger partial charge in [0.2, 0.25) is 0 Å². The van der Waals surface area contributed by atoms with Crippen molar-refractivity contribution >= 4 is 11.7 Å². The lowest BCUT2D eigenvalue weighted by atomic mass is 10.4. The van der Waals surface area contributed by atoms with E-state index in [0.717, 1.165) is 0 Å². The lowest BCUT2D eigenvalue weighted by molar-refractivity contribution is 0.250. The summed E-state index contributed by atoms with van der Waals surface area (Å²) in [7, 11) is 0. The van der Waals surface area contributed by atoms with Gasteiger partial charge in [-0.05, 0) is 26.0 Å². The van der Waals surface area contributed by atoms with Gasteiger partial charge in [-0.25, -0.2) is 9.78 Å². The summed E-state index contributed by atoms with van der Waals surface area (Å²) in [5.74, 6) is 0.690. The Morgan fingerprint density at radius 3 is 2.56 bits per heavy atom. The van der Waals surface area contributed by atoms with Crippen LogP contribution in [0.2, 0.25) is 0 Å². The van der Waals surface area contributed by atoms with E-state index in [-0.39, 0.29) is 12.1 Å². The highest BCUT2D eigenvalue weighted by atomic mass is 16.2. The van der Waals surface area contributed by atoms with Crippen molar-refractivity contribution < 1.29 is 4.79 Å². The fourth-order valence-electron chi connectivity index (χ4n) is 1.36. The second kappa shape index (κ2) is 5.26. The fraction of sp³-hybridized carbons (Fsp3) is 0.273. The predicted molar refractivity (Wildman–Crippen MR) is 66.4 cm³/mol. The van der Waals surface area contributed by atoms with Crippen LogP contribution in [-0.4, -0.2) is 31.8 Å². The molecule has 2 amide bonds. The summed E-state index contributed by atoms with van der Waals surface area (Å²) in [4.78, 5) is 15.7. The second-order valence-electron chi connectivity index (χ2n) is 4.03. The highest BCUT2D eigenvalue weighted by Gasteiger charge is 2.04. The van der Waals surface area contributed by atoms with Crippen LogP contribution in [0.25, 0.3) is 5.82 Å². The van der Waals surface area contributed by atoms with Crippen LogP contribution in [0.5, 0.6) is 0 Å². The van der Waals surface area contributed by atoms with Gasteiger partial charge in [0.05, 0.1) is 11.9 Å². The van der Waals surface area contributed by atoms with E-state index in [0.29, 0.717) is 11.5 Å². The van der Waals surface area contributed by atoms with Gasteiger partial charge in [-0.3, -0.25) is 4.57 Å². The highest BCUT2D eigenvalue weighted by molar-refractivity contribution is 5.89. The first kappa shape index (κ1) is 12.0. The van der Waals surface area contributed by atoms with Gasteiger partial charge >= 0.3 is 6.03 Å². The molecule has 0 bridgehead atoms. The Bertz CT molecular complexity index is 505. The molecular formula is C11H14N6O. The summed E-state index contributed by atoms with van der Waals surface area (Å²) in [5.41, 5.74) is 0.630. The van der Waals surface area contributed by atoms with Gasteiger partial charge in [-0.15, -0.1) is 10.2 Å². The molecule has 0 aliphatic carbocycles. The second-order valence-corrected chi connectivity index (χ2v) is 4.03. The zero-order valence-electron chi connectivity index (χ0n) is 10.2. The van der Waals surface area contributed by atoms with Crippen LogP contribution >= 0.6 is 0 Å². The lowest BCUT2D eigenvalue weighted by Gasteiger charge is -2.10. The molecule has 0 aliphatic rings. The molecule has 0 spiro atoms. The largest absolute Gasteiger partial charge is 0.336 e. The molecule has 7 heteroatoms. The normalized spacial score (nSPS) is 10.4. The van der Waals surface area contributed by atoms with Gasteiger partial charge in [-0.2, -0.15) is 0 Å². The third-order valence-electron chi connectivity index (χ3n) is 2.11. The Labute approximate surface area is 104 Å². The molecule has 2 heterocycles. The van der Waals surface area contributed by atoms with Gasteiger partial charge in [0.25, 0.3) is 0 Å². The minimum absolute atomic E-state index is 0.0919. The summed E-state index contributed by atoms with van der Waals surface area (Å²) in [6.45, 7) is 3.79. The first-order chi connectivity index (χ1) is 8.65. The van der Waals surface area contributed by atoms with Crippen LogP contribution < -0.4 is 10.6 Å². The fourth-order valence-corrected chi connectivity index (χ4v) is 1.36. The summed E-state index contributed by atoms with van der Waals surface area (Å²) in [6.07, 6.45) is 4.69. The summed E-state index contributed by atoms with van der Waals surface area (Å²) in [6, 6.07) is 3.38. The molecule has 7 nitrogen and oxygen atoms in total. The van der Waals surface area contributed by atoms with E-state index in [4.69, 9.17) is 0 Å². The molecule has 0 radical (unpaired) electrons. The monoisotopic (exact) mass is 246 g/mol. The molecule has 2 rings (SSSR count). The molecule has 0 unspecified atom stereocenters. The number of hydrogen-bond acceptors (Lipinski definition) is 4. The molecule has 0 saturated carbocycles. The Morgan fingerprint density at radius 1 is 1.28 bits per heavy atom. The predicted octanol–water partition coefficient (Wildman–Crippen LogP) is 1.19. The number of aromatic nitrogens is 4. The zero-order valence-corrected chi connectivity index (χ0v) is 10.2. The number of anilines is 1. The third kappa shape index (κ3) is 3.03. The van der Waals surface area contributed by atoms with Gasteiger partial charge in [0.1, 0.15) is 18.5 Å². The van der Waals surface area contributed by atoms with Crippen LogP contribution in [-0.2, 0) is 0 Å². The number of amides is 2. The van der Waals surface area contributed by atoms with Gasteiger partial charge in [-0.1, -0.05) is 0 Å². The maximum absolute atomic E-state index is 11.5. The van der Waals surface area contributed by atoms with Crippen LogP contribution in [0.4, 0.5) is 10.5 Å². The van der Waals surface area contributed by atoms with Gasteiger partial charge in [0, 0.05) is 6.04 Å². The molecule has 2 aromatic rings. The SMILES string of the molecule is CC(C)NC(=O)Nc1ccc(-n2cnnc2)nc1. The van der Waals surface area contributed by atoms with Gasteiger partial charge < -0.3 is 10.6 Å². The molecule has 0 saturated heterocycles. The van der Waals surface area contributed by atoms with Crippen LogP contribution in [0.15, 0.2) is 31.0 Å². The Hall–Kier alpha value is -2.44. The Morgan fingerprint density at radius 2 is 2.00 bits per heavy atom. The van der Waals surface area contributed by atoms with E-state index < -0.39 is 0 Å². The number of pyridine rings is 1. The van der Waals surface area contributed by atoms with Crippen molar-refractivity contribution in [2.45, 2.75) is 19.9 Å². The Balaban J connectivity index is 2.02. The van der Waals surface area contributed by atoms with Crippen LogP contribution in [0.3, 0.4) is 0 Å². The lowest BCUT2D eigenvalue weighted by Crippen LogP contribution is -2.34. The third-order valence-corrected chi connectivity index (χ3v) is 2.11. The number of carbonyl (C=O) groups excluding carboxylic acids is 1. The number of carbonyl (C=O) groups is 1. The van der Waals surface area contributed by atoms with Crippen molar-refractivity contribution in [3.63, 3.8) is 0 Å². The standard InChI is InChI=1S/C11H14N6O/c1-8(2)15-11(18)16-9-3-4-10(12-5-9)17-6-13-14-7-17/h3-8H,1-2H3,(H2,15,16,18). The molecule has 0 aromatic carbocycles. The average Bonchev–Trinajstić information content (AvgIpc) is 2.82. The van der Waals surface area contributed by atoms with Crippen molar-refractivity contribution in [1.82, 2.24) is 25.1 Å². The Kier molecular flexibility index (Phi) is 3.52. The molecule has 0 aliphatic heterocycles. The molecule has 0 fully saturated rings. The van der Waals surface area contributed by atoms with Crippen molar-refractivity contribution in [3.05, 3.63) is 31.0 Å². The molecule has 0 atom stereocenters. The first-order valence-electron chi connectivity index (χ1n) is 5.54. The number of nitrogens with one attached hydrogen (secondary N) is 2. The van der Waals surface area contributed by atoms with Gasteiger partial charge in [0.15, 0.2) is 0 Å². The molecule has 2 N–H and O–H groups in total. The average molecular weight is 246 g/mol. The van der Waals surface area contributed by atoms with E-state index >= 15 is 0 Å². The maximum Gasteiger partial charge on any atom is 0.319 e. The van der Waals surface area contributed by atoms with E-state index in [1.807, 2.05) is 13.8 Å². The number of hydrogen-bond donors (Lipinski definition) is 2. The van der Waals surface area contributed by atoms with Crippen molar-refractivity contribution in [1.29, 1.82) is 0 Å². The van der Waals surface area contributed by atoms with E-state index in [2.05, 4.69) is 25.8 Å². The summed E-state index contributed by atoms with van der Waals surface area (Å²) in [5, 5.41) is 12.8.